The van der Waals surface area contributed by atoms with E-state index in [1.165, 1.54) is 7.11 Å². The highest BCUT2D eigenvalue weighted by atomic mass is 16.6. The van der Waals surface area contributed by atoms with Crippen molar-refractivity contribution < 1.29 is 14.3 Å². The van der Waals surface area contributed by atoms with Gasteiger partial charge in [0.05, 0.1) is 7.11 Å². The number of aryl methyl sites for hydroxylation is 1. The summed E-state index contributed by atoms with van der Waals surface area (Å²) in [4.78, 5) is 11.5. The summed E-state index contributed by atoms with van der Waals surface area (Å²) in [5.74, 6) is 0.635. The maximum absolute atomic E-state index is 11.5. The summed E-state index contributed by atoms with van der Waals surface area (Å²) in [7, 11) is 1.33. The summed E-state index contributed by atoms with van der Waals surface area (Å²) in [5.41, 5.74) is 7.66. The predicted molar refractivity (Wildman–Crippen MR) is 70.8 cm³/mol. The van der Waals surface area contributed by atoms with Crippen LogP contribution in [0.15, 0.2) is 18.2 Å². The number of hydrogen-bond acceptors (Lipinski definition) is 4. The molecule has 0 radical (unpaired) electrons. The molecule has 18 heavy (non-hydrogen) atoms. The van der Waals surface area contributed by atoms with E-state index in [0.717, 1.165) is 11.1 Å². The van der Waals surface area contributed by atoms with Gasteiger partial charge in [-0.3, -0.25) is 0 Å². The third-order valence-electron chi connectivity index (χ3n) is 2.83. The highest BCUT2D eigenvalue weighted by molar-refractivity contribution is 5.75. The lowest BCUT2D eigenvalue weighted by atomic mass is 10.0. The first-order valence-electron chi connectivity index (χ1n) is 6.04. The molecule has 0 spiro atoms. The van der Waals surface area contributed by atoms with Gasteiger partial charge >= 0.3 is 5.97 Å². The van der Waals surface area contributed by atoms with Gasteiger partial charge in [0, 0.05) is 6.54 Å². The largest absolute Gasteiger partial charge is 0.477 e. The van der Waals surface area contributed by atoms with Crippen LogP contribution in [0, 0.1) is 6.92 Å². The van der Waals surface area contributed by atoms with Gasteiger partial charge in [0.1, 0.15) is 5.75 Å². The Kier molecular flexibility index (Phi) is 5.16. The minimum absolute atomic E-state index is 0.0953. The van der Waals surface area contributed by atoms with E-state index in [1.54, 1.807) is 0 Å². The van der Waals surface area contributed by atoms with Crippen LogP contribution in [0.1, 0.15) is 30.9 Å². The molecule has 0 bridgehead atoms. The number of hydrogen-bond donors (Lipinski definition) is 1. The maximum atomic E-state index is 11.5. The lowest BCUT2D eigenvalue weighted by Crippen LogP contribution is -2.36. The molecule has 4 heteroatoms. The fraction of sp³-hybridized carbons (Fsp3) is 0.500. The van der Waals surface area contributed by atoms with Crippen LogP contribution in [0.5, 0.6) is 5.75 Å². The summed E-state index contributed by atoms with van der Waals surface area (Å²) in [6.45, 7) is 6.24. The molecule has 0 saturated carbocycles. The van der Waals surface area contributed by atoms with E-state index in [4.69, 9.17) is 10.5 Å². The van der Waals surface area contributed by atoms with Gasteiger partial charge in [-0.25, -0.2) is 4.79 Å². The van der Waals surface area contributed by atoms with Crippen LogP contribution in [0.4, 0.5) is 0 Å². The van der Waals surface area contributed by atoms with Crippen LogP contribution >= 0.6 is 0 Å². The van der Waals surface area contributed by atoms with Crippen LogP contribution in [0.2, 0.25) is 0 Å². The summed E-state index contributed by atoms with van der Waals surface area (Å²) < 4.78 is 10.3. The molecule has 100 valence electrons. The SMILES string of the molecule is COC(=O)C(CN)Oc1cc(C(C)C)ccc1C. The Labute approximate surface area is 108 Å². The Morgan fingerprint density at radius 3 is 2.56 bits per heavy atom. The molecule has 0 aliphatic rings. The number of ether oxygens (including phenoxy) is 2. The van der Waals surface area contributed by atoms with Crippen molar-refractivity contribution in [2.45, 2.75) is 32.8 Å². The molecular formula is C14H21NO3. The van der Waals surface area contributed by atoms with Gasteiger partial charge in [0.15, 0.2) is 0 Å². The summed E-state index contributed by atoms with van der Waals surface area (Å²) in [6, 6.07) is 5.99. The average Bonchev–Trinajstić information content (AvgIpc) is 2.36. The first-order valence-corrected chi connectivity index (χ1v) is 6.04. The van der Waals surface area contributed by atoms with Crippen molar-refractivity contribution in [2.75, 3.05) is 13.7 Å². The molecule has 2 N–H and O–H groups in total. The lowest BCUT2D eigenvalue weighted by Gasteiger charge is -2.18. The molecule has 1 atom stereocenters. The van der Waals surface area contributed by atoms with Gasteiger partial charge < -0.3 is 15.2 Å². The van der Waals surface area contributed by atoms with Crippen molar-refractivity contribution in [3.63, 3.8) is 0 Å². The molecule has 0 aliphatic carbocycles. The predicted octanol–water partition coefficient (Wildman–Crippen LogP) is 2.00. The Hall–Kier alpha value is -1.55. The van der Waals surface area contributed by atoms with Crippen LogP contribution < -0.4 is 10.5 Å². The highest BCUT2D eigenvalue weighted by Gasteiger charge is 2.20. The molecule has 1 aromatic rings. The molecule has 0 heterocycles. The highest BCUT2D eigenvalue weighted by Crippen LogP contribution is 2.25. The van der Waals surface area contributed by atoms with Crippen molar-refractivity contribution >= 4 is 5.97 Å². The zero-order valence-corrected chi connectivity index (χ0v) is 11.4. The van der Waals surface area contributed by atoms with E-state index in [-0.39, 0.29) is 6.54 Å². The van der Waals surface area contributed by atoms with Gasteiger partial charge in [-0.2, -0.15) is 0 Å². The van der Waals surface area contributed by atoms with Gasteiger partial charge in [-0.05, 0) is 30.0 Å². The van der Waals surface area contributed by atoms with Crippen molar-refractivity contribution in [3.05, 3.63) is 29.3 Å². The number of carbonyl (C=O) groups excluding carboxylic acids is 1. The van der Waals surface area contributed by atoms with E-state index < -0.39 is 12.1 Å². The average molecular weight is 251 g/mol. The molecule has 0 aromatic heterocycles. The quantitative estimate of drug-likeness (QED) is 0.813. The maximum Gasteiger partial charge on any atom is 0.348 e. The Morgan fingerprint density at radius 1 is 1.39 bits per heavy atom. The molecule has 1 aromatic carbocycles. The van der Waals surface area contributed by atoms with E-state index in [0.29, 0.717) is 11.7 Å². The Bertz CT molecular complexity index is 416. The monoisotopic (exact) mass is 251 g/mol. The molecule has 0 amide bonds. The van der Waals surface area contributed by atoms with Crippen molar-refractivity contribution in [3.8, 4) is 5.75 Å². The fourth-order valence-electron chi connectivity index (χ4n) is 1.58. The molecule has 1 unspecified atom stereocenters. The van der Waals surface area contributed by atoms with Gasteiger partial charge in [-0.15, -0.1) is 0 Å². The van der Waals surface area contributed by atoms with Gasteiger partial charge in [-0.1, -0.05) is 26.0 Å². The van der Waals surface area contributed by atoms with Crippen molar-refractivity contribution in [2.24, 2.45) is 5.73 Å². The normalized spacial score (nSPS) is 12.3. The van der Waals surface area contributed by atoms with Crippen molar-refractivity contribution in [1.82, 2.24) is 0 Å². The first kappa shape index (κ1) is 14.5. The number of rotatable bonds is 5. The summed E-state index contributed by atoms with van der Waals surface area (Å²) in [5, 5.41) is 0. The Balaban J connectivity index is 2.94. The second-order valence-electron chi connectivity index (χ2n) is 4.54. The van der Waals surface area contributed by atoms with E-state index in [9.17, 15) is 4.79 Å². The Morgan fingerprint density at radius 2 is 2.06 bits per heavy atom. The van der Waals surface area contributed by atoms with Crippen LogP contribution in [0.3, 0.4) is 0 Å². The molecule has 0 fully saturated rings. The standard InChI is InChI=1S/C14H21NO3/c1-9(2)11-6-5-10(3)12(7-11)18-13(8-15)14(16)17-4/h5-7,9,13H,8,15H2,1-4H3. The second-order valence-corrected chi connectivity index (χ2v) is 4.54. The number of benzene rings is 1. The van der Waals surface area contributed by atoms with Crippen molar-refractivity contribution in [1.29, 1.82) is 0 Å². The van der Waals surface area contributed by atoms with E-state index >= 15 is 0 Å². The van der Waals surface area contributed by atoms with Crippen LogP contribution in [-0.2, 0) is 9.53 Å². The second kappa shape index (κ2) is 6.40. The number of esters is 1. The molecule has 4 nitrogen and oxygen atoms in total. The van der Waals surface area contributed by atoms with Crippen LogP contribution in [0.25, 0.3) is 0 Å². The zero-order valence-electron chi connectivity index (χ0n) is 11.4. The molecule has 0 saturated heterocycles. The topological polar surface area (TPSA) is 61.5 Å². The molecule has 0 aliphatic heterocycles. The summed E-state index contributed by atoms with van der Waals surface area (Å²) >= 11 is 0. The lowest BCUT2D eigenvalue weighted by molar-refractivity contribution is -0.148. The number of methoxy groups -OCH3 is 1. The summed E-state index contributed by atoms with van der Waals surface area (Å²) in [6.07, 6.45) is -0.754. The molecular weight excluding hydrogens is 230 g/mol. The van der Waals surface area contributed by atoms with Crippen LogP contribution in [-0.4, -0.2) is 25.7 Å². The minimum Gasteiger partial charge on any atom is -0.477 e. The molecule has 1 rings (SSSR count). The third kappa shape index (κ3) is 3.47. The van der Waals surface area contributed by atoms with Gasteiger partial charge in [0.2, 0.25) is 6.10 Å². The smallest absolute Gasteiger partial charge is 0.348 e. The van der Waals surface area contributed by atoms with Gasteiger partial charge in [0.25, 0.3) is 0 Å². The minimum atomic E-state index is -0.754. The van der Waals surface area contributed by atoms with E-state index in [2.05, 4.69) is 24.7 Å². The fourth-order valence-corrected chi connectivity index (χ4v) is 1.58. The number of nitrogens with two attached hydrogens (primary N) is 1. The zero-order chi connectivity index (χ0) is 13.7. The number of carbonyl (C=O) groups is 1. The van der Waals surface area contributed by atoms with E-state index in [1.807, 2.05) is 19.1 Å². The first-order chi connectivity index (χ1) is 8.49. The third-order valence-corrected chi connectivity index (χ3v) is 2.83.